The highest BCUT2D eigenvalue weighted by molar-refractivity contribution is 5.00. The molecule has 0 aromatic carbocycles. The van der Waals surface area contributed by atoms with Crippen LogP contribution in [0.4, 0.5) is 0 Å². The van der Waals surface area contributed by atoms with Crippen LogP contribution < -0.4 is 0 Å². The van der Waals surface area contributed by atoms with Crippen LogP contribution in [-0.4, -0.2) is 326 Å². The maximum Gasteiger partial charge on any atom is 0.187 e. The number of hydrogen-bond acceptors (Lipinski definition) is 31. The van der Waals surface area contributed by atoms with E-state index in [-0.39, 0.29) is 0 Å². The lowest BCUT2D eigenvalue weighted by Gasteiger charge is -2.50. The Balaban J connectivity index is 1.18. The molecule has 6 rings (SSSR count). The van der Waals surface area contributed by atoms with E-state index < -0.39 is 224 Å². The monoisotopic (exact) mass is 990 g/mol. The molecule has 392 valence electrons. The molecule has 0 radical (unpaired) electrons. The normalized spacial score (nSPS) is 53.4. The molecule has 0 bridgehead atoms. The van der Waals surface area contributed by atoms with Crippen LogP contribution in [0.15, 0.2) is 0 Å². The van der Waals surface area contributed by atoms with Crippen LogP contribution in [0.3, 0.4) is 0 Å². The molecule has 6 aliphatic heterocycles. The van der Waals surface area contributed by atoms with Crippen molar-refractivity contribution in [1.82, 2.24) is 0 Å². The molecule has 0 aromatic rings. The fraction of sp³-hybridized carbons (Fsp3) is 1.00. The van der Waals surface area contributed by atoms with Gasteiger partial charge < -0.3 is 154 Å². The second-order valence-electron chi connectivity index (χ2n) is 16.8. The van der Waals surface area contributed by atoms with Gasteiger partial charge in [0.2, 0.25) is 0 Å². The Morgan fingerprint density at radius 1 is 0.224 bits per heavy atom. The number of aliphatic hydroxyl groups is 20. The van der Waals surface area contributed by atoms with Crippen molar-refractivity contribution in [2.75, 3.05) is 39.6 Å². The van der Waals surface area contributed by atoms with Crippen molar-refractivity contribution in [3.8, 4) is 0 Å². The highest BCUT2D eigenvalue weighted by Gasteiger charge is 2.58. The minimum atomic E-state index is -2.26. The Bertz CT molecular complexity index is 1510. The topological polar surface area (TPSA) is 506 Å². The van der Waals surface area contributed by atoms with E-state index in [4.69, 9.17) is 52.1 Å². The van der Waals surface area contributed by atoms with E-state index in [2.05, 4.69) is 0 Å². The Labute approximate surface area is 378 Å². The summed E-state index contributed by atoms with van der Waals surface area (Å²) in [6.45, 7) is -5.79. The molecule has 0 amide bonds. The van der Waals surface area contributed by atoms with Crippen LogP contribution in [0.2, 0.25) is 0 Å². The summed E-state index contributed by atoms with van der Waals surface area (Å²) in [7, 11) is 0. The van der Waals surface area contributed by atoms with Gasteiger partial charge in [-0.3, -0.25) is 0 Å². The first-order valence-corrected chi connectivity index (χ1v) is 21.1. The lowest BCUT2D eigenvalue weighted by atomic mass is 9.95. The van der Waals surface area contributed by atoms with Crippen molar-refractivity contribution in [2.24, 2.45) is 0 Å². The van der Waals surface area contributed by atoms with Crippen molar-refractivity contribution in [2.45, 2.75) is 184 Å². The fourth-order valence-electron chi connectivity index (χ4n) is 8.49. The molecule has 0 saturated carbocycles. The van der Waals surface area contributed by atoms with Gasteiger partial charge in [-0.15, -0.1) is 0 Å². The standard InChI is InChI=1S/C36H62O31/c37-1-7-13(43)19(49)20(50)32(58-7)64-27-15(45)9(3-39)60-34(22(27)52)66-29-17(47)11(5-41)62-36(24(29)54)67-30-18(48)12(6-42)61-35(25(30)55)65-28-16(46)10(4-40)59-33(23(28)53)63-26-14(44)8(2-38)57-31(56)21(26)51/h7-56H,1-6H2/t7-,8-,9-,10-,11-,12-,13+,14+,15+,16+,17+,18+,19+,20-,21-,22-,23-,24-,25-,26+,27+,28+,29+,30+,31-,32+,33+,34+,35+,36+/m1/s1. The van der Waals surface area contributed by atoms with E-state index in [0.717, 1.165) is 0 Å². The molecular weight excluding hydrogens is 928 g/mol. The number of hydrogen-bond donors (Lipinski definition) is 20. The second-order valence-corrected chi connectivity index (χ2v) is 16.8. The zero-order valence-corrected chi connectivity index (χ0v) is 35.0. The lowest BCUT2D eigenvalue weighted by molar-refractivity contribution is -0.398. The molecule has 20 N–H and O–H groups in total. The fourth-order valence-corrected chi connectivity index (χ4v) is 8.49. The maximum absolute atomic E-state index is 11.5. The molecule has 6 aliphatic rings. The van der Waals surface area contributed by atoms with Gasteiger partial charge in [0.05, 0.1) is 39.6 Å². The van der Waals surface area contributed by atoms with Crippen LogP contribution in [0.25, 0.3) is 0 Å². The van der Waals surface area contributed by atoms with E-state index in [0.29, 0.717) is 0 Å². The smallest absolute Gasteiger partial charge is 0.187 e. The summed E-state index contributed by atoms with van der Waals surface area (Å²) in [6.07, 6.45) is -58.5. The van der Waals surface area contributed by atoms with Gasteiger partial charge in [-0.05, 0) is 0 Å². The summed E-state index contributed by atoms with van der Waals surface area (Å²) in [5, 5.41) is 211. The van der Waals surface area contributed by atoms with Gasteiger partial charge in [-0.25, -0.2) is 0 Å². The Morgan fingerprint density at radius 2 is 0.433 bits per heavy atom. The van der Waals surface area contributed by atoms with Crippen molar-refractivity contribution in [3.63, 3.8) is 0 Å². The largest absolute Gasteiger partial charge is 0.394 e. The Kier molecular flexibility index (Phi) is 19.4. The molecule has 6 saturated heterocycles. The molecular formula is C36H62O31. The van der Waals surface area contributed by atoms with Gasteiger partial charge in [0.15, 0.2) is 37.7 Å². The van der Waals surface area contributed by atoms with Gasteiger partial charge in [0.1, 0.15) is 146 Å². The first-order chi connectivity index (χ1) is 31.8. The summed E-state index contributed by atoms with van der Waals surface area (Å²) in [5.74, 6) is 0. The number of ether oxygens (including phenoxy) is 11. The van der Waals surface area contributed by atoms with Crippen LogP contribution in [-0.2, 0) is 52.1 Å². The molecule has 6 fully saturated rings. The van der Waals surface area contributed by atoms with Gasteiger partial charge in [-0.1, -0.05) is 0 Å². The molecule has 30 atom stereocenters. The summed E-state index contributed by atoms with van der Waals surface area (Å²) in [6, 6.07) is 0. The summed E-state index contributed by atoms with van der Waals surface area (Å²) < 4.78 is 60.4. The van der Waals surface area contributed by atoms with E-state index in [1.807, 2.05) is 0 Å². The minimum absolute atomic E-state index is 0.862. The third-order valence-electron chi connectivity index (χ3n) is 12.4. The highest BCUT2D eigenvalue weighted by atomic mass is 16.8. The van der Waals surface area contributed by atoms with E-state index in [1.165, 1.54) is 0 Å². The first-order valence-electron chi connectivity index (χ1n) is 21.1. The zero-order chi connectivity index (χ0) is 49.3. The zero-order valence-electron chi connectivity index (χ0n) is 35.0. The molecule has 0 aliphatic carbocycles. The van der Waals surface area contributed by atoms with E-state index in [9.17, 15) is 102 Å². The summed E-state index contributed by atoms with van der Waals surface area (Å²) >= 11 is 0. The van der Waals surface area contributed by atoms with E-state index in [1.54, 1.807) is 0 Å². The highest BCUT2D eigenvalue weighted by Crippen LogP contribution is 2.37. The predicted molar refractivity (Wildman–Crippen MR) is 199 cm³/mol. The van der Waals surface area contributed by atoms with E-state index >= 15 is 0 Å². The summed E-state index contributed by atoms with van der Waals surface area (Å²) in [5.41, 5.74) is 0. The van der Waals surface area contributed by atoms with Gasteiger partial charge in [-0.2, -0.15) is 0 Å². The quantitative estimate of drug-likeness (QED) is 0.0683. The number of rotatable bonds is 16. The Morgan fingerprint density at radius 3 is 0.687 bits per heavy atom. The van der Waals surface area contributed by atoms with Crippen molar-refractivity contribution < 1.29 is 154 Å². The third kappa shape index (κ3) is 11.2. The Hall–Kier alpha value is -1.24. The SMILES string of the molecule is OC[C@H]1O[C@@H](O[C@H]2[C@@H](O)[C@@H](CO)O[C@@H](O[C@H]3[C@@H](O)[C@@H](CO)O[C@@H](O[C@H]4[C@@H](O)[C@@H](CO)O[C@@H](O[C@H]5[C@@H](O)[C@@H](CO)O[C@@H](O[C@@H]6[C@@H](O)[C@H](O)O[C@H](CO)[C@@H]6O)[C@@H]5O)[C@@H]4O)[C@@H]3O)[C@@H]2O)[C@H](O)[C@@H](O)[C@H]1O. The average Bonchev–Trinajstić information content (AvgIpc) is 3.31. The van der Waals surface area contributed by atoms with Crippen LogP contribution in [0.1, 0.15) is 0 Å². The van der Waals surface area contributed by atoms with Crippen molar-refractivity contribution in [1.29, 1.82) is 0 Å². The maximum atomic E-state index is 11.5. The van der Waals surface area contributed by atoms with Crippen LogP contribution in [0, 0.1) is 0 Å². The first kappa shape index (κ1) is 55.1. The van der Waals surface area contributed by atoms with Gasteiger partial charge in [0, 0.05) is 0 Å². The molecule has 6 heterocycles. The molecule has 0 spiro atoms. The van der Waals surface area contributed by atoms with Gasteiger partial charge >= 0.3 is 0 Å². The van der Waals surface area contributed by atoms with Crippen molar-refractivity contribution in [3.05, 3.63) is 0 Å². The molecule has 31 heteroatoms. The second kappa shape index (κ2) is 23.5. The predicted octanol–water partition coefficient (Wildman–Crippen LogP) is -14.1. The molecule has 0 unspecified atom stereocenters. The molecule has 0 aromatic heterocycles. The third-order valence-corrected chi connectivity index (χ3v) is 12.4. The van der Waals surface area contributed by atoms with Crippen LogP contribution >= 0.6 is 0 Å². The average molecular weight is 991 g/mol. The number of aliphatic hydroxyl groups excluding tert-OH is 20. The van der Waals surface area contributed by atoms with Crippen LogP contribution in [0.5, 0.6) is 0 Å². The van der Waals surface area contributed by atoms with Gasteiger partial charge in [0.25, 0.3) is 0 Å². The van der Waals surface area contributed by atoms with Crippen molar-refractivity contribution >= 4 is 0 Å². The minimum Gasteiger partial charge on any atom is -0.394 e. The lowest BCUT2D eigenvalue weighted by Crippen LogP contribution is -2.68. The molecule has 31 nitrogen and oxygen atoms in total. The molecule has 67 heavy (non-hydrogen) atoms. The summed E-state index contributed by atoms with van der Waals surface area (Å²) in [4.78, 5) is 0.